The number of esters is 1. The summed E-state index contributed by atoms with van der Waals surface area (Å²) in [4.78, 5) is 14.6. The van der Waals surface area contributed by atoms with Crippen LogP contribution in [0.3, 0.4) is 0 Å². The molecule has 1 aromatic heterocycles. The molecule has 0 aliphatic heterocycles. The molecule has 0 spiro atoms. The summed E-state index contributed by atoms with van der Waals surface area (Å²) >= 11 is 7.49. The van der Waals surface area contributed by atoms with Gasteiger partial charge in [-0.15, -0.1) is 0 Å². The van der Waals surface area contributed by atoms with Gasteiger partial charge in [-0.05, 0) is 71.0 Å². The van der Waals surface area contributed by atoms with Gasteiger partial charge in [0.05, 0.1) is 16.1 Å². The molecule has 3 rings (SSSR count). The van der Waals surface area contributed by atoms with Gasteiger partial charge in [-0.2, -0.15) is 5.10 Å². The third-order valence-corrected chi connectivity index (χ3v) is 5.65. The van der Waals surface area contributed by atoms with Crippen LogP contribution in [0.4, 0.5) is 0 Å². The van der Waals surface area contributed by atoms with Crippen LogP contribution in [0, 0.1) is 6.92 Å². The van der Waals surface area contributed by atoms with Crippen molar-refractivity contribution < 1.29 is 14.3 Å². The second-order valence-electron chi connectivity index (χ2n) is 7.85. The van der Waals surface area contributed by atoms with Crippen LogP contribution in [0.1, 0.15) is 33.4 Å². The van der Waals surface area contributed by atoms with Crippen molar-refractivity contribution in [1.29, 1.82) is 0 Å². The van der Waals surface area contributed by atoms with Gasteiger partial charge in [-0.1, -0.05) is 41.6 Å². The zero-order valence-corrected chi connectivity index (χ0v) is 19.3. The first-order valence-corrected chi connectivity index (χ1v) is 10.8. The molecule has 0 fully saturated rings. The van der Waals surface area contributed by atoms with E-state index in [-0.39, 0.29) is 5.54 Å². The number of para-hydroxylation sites is 1. The number of nitrogens with zero attached hydrogens (tertiary/aromatic N) is 2. The molecule has 3 aromatic rings. The Bertz CT molecular complexity index is 1010. The van der Waals surface area contributed by atoms with Crippen molar-refractivity contribution in [2.24, 2.45) is 0 Å². The molecule has 0 aliphatic carbocycles. The fraction of sp³-hybridized carbons (Fsp3) is 0.304. The Balaban J connectivity index is 1.89. The second kappa shape index (κ2) is 9.14. The van der Waals surface area contributed by atoms with Crippen LogP contribution in [0.2, 0.25) is 5.02 Å². The van der Waals surface area contributed by atoms with E-state index < -0.39 is 12.1 Å². The van der Waals surface area contributed by atoms with Crippen LogP contribution in [-0.2, 0) is 10.3 Å². The van der Waals surface area contributed by atoms with Crippen LogP contribution < -0.4 is 9.47 Å². The van der Waals surface area contributed by atoms with Crippen molar-refractivity contribution in [3.63, 3.8) is 0 Å². The van der Waals surface area contributed by atoms with E-state index in [0.717, 1.165) is 15.5 Å². The lowest BCUT2D eigenvalue weighted by Gasteiger charge is -2.23. The topological polar surface area (TPSA) is 53.4 Å². The number of rotatable bonds is 6. The molecule has 1 unspecified atom stereocenters. The van der Waals surface area contributed by atoms with Crippen molar-refractivity contribution in [2.75, 3.05) is 0 Å². The number of aryl methyl sites for hydroxylation is 1. The molecule has 2 aromatic carbocycles. The highest BCUT2D eigenvalue weighted by Gasteiger charge is 2.29. The average Bonchev–Trinajstić information content (AvgIpc) is 3.00. The van der Waals surface area contributed by atoms with Crippen LogP contribution in [-0.4, -0.2) is 21.9 Å². The third-order valence-electron chi connectivity index (χ3n) is 4.22. The van der Waals surface area contributed by atoms with Crippen molar-refractivity contribution in [3.8, 4) is 11.6 Å². The van der Waals surface area contributed by atoms with Crippen molar-refractivity contribution in [3.05, 3.63) is 65.3 Å². The van der Waals surface area contributed by atoms with Gasteiger partial charge in [0.2, 0.25) is 5.88 Å². The summed E-state index contributed by atoms with van der Waals surface area (Å²) in [6.45, 7) is 9.61. The van der Waals surface area contributed by atoms with Crippen molar-refractivity contribution in [2.45, 2.75) is 56.1 Å². The number of hydrogen-bond donors (Lipinski definition) is 0. The van der Waals surface area contributed by atoms with Gasteiger partial charge in [-0.25, -0.2) is 9.48 Å². The number of aromatic nitrogens is 2. The number of benzene rings is 2. The zero-order valence-electron chi connectivity index (χ0n) is 17.7. The highest BCUT2D eigenvalue weighted by Crippen LogP contribution is 2.40. The molecule has 7 heteroatoms. The first-order valence-electron chi connectivity index (χ1n) is 9.62. The summed E-state index contributed by atoms with van der Waals surface area (Å²) in [5, 5.41) is 5.31. The SMILES string of the molecule is Cc1nn(C(C)(C)C)c(OC(=O)C(C)Oc2ccccc2)c1Sc1ccc(Cl)cc1. The summed E-state index contributed by atoms with van der Waals surface area (Å²) in [6.07, 6.45) is -0.774. The van der Waals surface area contributed by atoms with Gasteiger partial charge < -0.3 is 9.47 Å². The Hall–Kier alpha value is -2.44. The molecule has 0 aliphatic rings. The molecule has 1 heterocycles. The lowest BCUT2D eigenvalue weighted by Crippen LogP contribution is -2.31. The molecule has 1 atom stereocenters. The maximum absolute atomic E-state index is 12.8. The van der Waals surface area contributed by atoms with Crippen molar-refractivity contribution in [1.82, 2.24) is 9.78 Å². The molecular weight excluding hydrogens is 420 g/mol. The highest BCUT2D eigenvalue weighted by atomic mass is 35.5. The maximum Gasteiger partial charge on any atom is 0.353 e. The Morgan fingerprint density at radius 2 is 1.73 bits per heavy atom. The highest BCUT2D eigenvalue weighted by molar-refractivity contribution is 7.99. The predicted octanol–water partition coefficient (Wildman–Crippen LogP) is 6.12. The fourth-order valence-electron chi connectivity index (χ4n) is 2.70. The van der Waals surface area contributed by atoms with E-state index in [1.807, 2.05) is 70.2 Å². The van der Waals surface area contributed by atoms with E-state index in [1.165, 1.54) is 11.8 Å². The smallest absolute Gasteiger partial charge is 0.353 e. The standard InChI is InChI=1S/C23H25ClN2O3S/c1-15-20(30-19-13-11-17(24)12-14-19)21(26(25-15)23(3,4)5)29-22(27)16(2)28-18-9-7-6-8-10-18/h6-14,16H,1-5H3. The van der Waals surface area contributed by atoms with Crippen LogP contribution in [0.5, 0.6) is 11.6 Å². The Morgan fingerprint density at radius 1 is 1.10 bits per heavy atom. The number of hydrogen-bond acceptors (Lipinski definition) is 5. The third kappa shape index (κ3) is 5.37. The molecule has 5 nitrogen and oxygen atoms in total. The summed E-state index contributed by atoms with van der Waals surface area (Å²) < 4.78 is 13.3. The maximum atomic E-state index is 12.8. The van der Waals surface area contributed by atoms with Crippen molar-refractivity contribution >= 4 is 29.3 Å². The summed E-state index contributed by atoms with van der Waals surface area (Å²) in [5.74, 6) is 0.536. The summed E-state index contributed by atoms with van der Waals surface area (Å²) in [6, 6.07) is 16.7. The Morgan fingerprint density at radius 3 is 2.33 bits per heavy atom. The van der Waals surface area contributed by atoms with Gasteiger partial charge in [-0.3, -0.25) is 0 Å². The number of ether oxygens (including phenoxy) is 2. The number of carbonyl (C=O) groups excluding carboxylic acids is 1. The van der Waals surface area contributed by atoms with E-state index in [9.17, 15) is 4.79 Å². The quantitative estimate of drug-likeness (QED) is 0.428. The van der Waals surface area contributed by atoms with E-state index >= 15 is 0 Å². The first-order chi connectivity index (χ1) is 14.1. The molecule has 0 amide bonds. The van der Waals surface area contributed by atoms with Gasteiger partial charge >= 0.3 is 5.97 Å². The van der Waals surface area contributed by atoms with Gasteiger partial charge in [0.25, 0.3) is 0 Å². The monoisotopic (exact) mass is 444 g/mol. The largest absolute Gasteiger partial charge is 0.479 e. The zero-order chi connectivity index (χ0) is 21.9. The molecule has 158 valence electrons. The minimum Gasteiger partial charge on any atom is -0.479 e. The molecule has 0 bridgehead atoms. The van der Waals surface area contributed by atoms with Gasteiger partial charge in [0, 0.05) is 9.92 Å². The van der Waals surface area contributed by atoms with Crippen LogP contribution >= 0.6 is 23.4 Å². The van der Waals surface area contributed by atoms with E-state index in [2.05, 4.69) is 5.10 Å². The lowest BCUT2D eigenvalue weighted by atomic mass is 10.1. The average molecular weight is 445 g/mol. The Kier molecular flexibility index (Phi) is 6.78. The molecular formula is C23H25ClN2O3S. The first kappa shape index (κ1) is 22.2. The second-order valence-corrected chi connectivity index (χ2v) is 9.37. The van der Waals surface area contributed by atoms with E-state index in [0.29, 0.717) is 16.7 Å². The Labute approximate surface area is 186 Å². The summed E-state index contributed by atoms with van der Waals surface area (Å²) in [7, 11) is 0. The molecule has 0 saturated heterocycles. The van der Waals surface area contributed by atoms with Crippen LogP contribution in [0.25, 0.3) is 0 Å². The van der Waals surface area contributed by atoms with E-state index in [4.69, 9.17) is 21.1 Å². The number of halogens is 1. The summed E-state index contributed by atoms with van der Waals surface area (Å²) in [5.41, 5.74) is 0.409. The molecule has 0 radical (unpaired) electrons. The normalized spacial score (nSPS) is 12.5. The molecule has 0 N–H and O–H groups in total. The predicted molar refractivity (Wildman–Crippen MR) is 120 cm³/mol. The van der Waals surface area contributed by atoms with Gasteiger partial charge in [0.15, 0.2) is 6.10 Å². The number of carbonyl (C=O) groups is 1. The van der Waals surface area contributed by atoms with E-state index in [1.54, 1.807) is 23.7 Å². The van der Waals surface area contributed by atoms with Gasteiger partial charge in [0.1, 0.15) is 5.75 Å². The van der Waals surface area contributed by atoms with Crippen LogP contribution in [0.15, 0.2) is 64.4 Å². The molecule has 0 saturated carbocycles. The minimum absolute atomic E-state index is 0.372. The molecule has 30 heavy (non-hydrogen) atoms. The fourth-order valence-corrected chi connectivity index (χ4v) is 3.74. The minimum atomic E-state index is -0.774. The lowest BCUT2D eigenvalue weighted by molar-refractivity contribution is -0.142.